The van der Waals surface area contributed by atoms with Gasteiger partial charge in [-0.2, -0.15) is 0 Å². The average molecular weight is 273 g/mol. The molecule has 1 aliphatic heterocycles. The quantitative estimate of drug-likeness (QED) is 0.768. The van der Waals surface area contributed by atoms with Gasteiger partial charge in [-0.15, -0.1) is 0 Å². The molecule has 19 heavy (non-hydrogen) atoms. The van der Waals surface area contributed by atoms with Gasteiger partial charge in [-0.3, -0.25) is 4.90 Å². The minimum Gasteiger partial charge on any atom is -0.464 e. The summed E-state index contributed by atoms with van der Waals surface area (Å²) in [5, 5.41) is 10.2. The molecule has 1 rings (SSSR count). The van der Waals surface area contributed by atoms with Gasteiger partial charge in [0, 0.05) is 6.54 Å². The van der Waals surface area contributed by atoms with E-state index in [0.29, 0.717) is 6.42 Å². The number of likely N-dealkylation sites (tertiary alicyclic amines) is 1. The number of carbonyl (C=O) groups is 2. The van der Waals surface area contributed by atoms with Crippen LogP contribution in [0.2, 0.25) is 0 Å². The predicted octanol–water partition coefficient (Wildman–Crippen LogP) is 1.31. The molecule has 1 amide bonds. The minimum absolute atomic E-state index is 0.202. The van der Waals surface area contributed by atoms with Gasteiger partial charge < -0.3 is 14.6 Å². The van der Waals surface area contributed by atoms with Crippen molar-refractivity contribution in [2.75, 3.05) is 13.2 Å². The third-order valence-corrected chi connectivity index (χ3v) is 2.90. The van der Waals surface area contributed by atoms with Crippen molar-refractivity contribution >= 4 is 12.1 Å². The largest absolute Gasteiger partial charge is 0.464 e. The number of amides is 1. The second-order valence-corrected chi connectivity index (χ2v) is 5.94. The van der Waals surface area contributed by atoms with Crippen molar-refractivity contribution in [3.05, 3.63) is 0 Å². The molecule has 1 saturated heterocycles. The summed E-state index contributed by atoms with van der Waals surface area (Å²) in [6.07, 6.45) is -0.293. The molecule has 1 N–H and O–H groups in total. The molecular formula is C13H23NO5. The number of ether oxygens (including phenoxy) is 2. The van der Waals surface area contributed by atoms with Crippen LogP contribution in [0, 0.1) is 0 Å². The van der Waals surface area contributed by atoms with E-state index in [2.05, 4.69) is 0 Å². The fourth-order valence-corrected chi connectivity index (χ4v) is 2.07. The number of rotatable bonds is 2. The van der Waals surface area contributed by atoms with Gasteiger partial charge in [0.2, 0.25) is 0 Å². The van der Waals surface area contributed by atoms with Gasteiger partial charge >= 0.3 is 12.1 Å². The highest BCUT2D eigenvalue weighted by Crippen LogP contribution is 2.30. The number of nitrogens with zero attached hydrogens (tertiary/aromatic N) is 1. The summed E-state index contributed by atoms with van der Waals surface area (Å²) in [5.41, 5.74) is -1.94. The van der Waals surface area contributed by atoms with Crippen LogP contribution in [-0.2, 0) is 14.3 Å². The highest BCUT2D eigenvalue weighted by molar-refractivity contribution is 5.83. The van der Waals surface area contributed by atoms with Crippen LogP contribution in [-0.4, -0.2) is 52.5 Å². The molecule has 0 radical (unpaired) electrons. The molecule has 1 aliphatic rings. The van der Waals surface area contributed by atoms with E-state index >= 15 is 0 Å². The molecule has 6 nitrogen and oxygen atoms in total. The summed E-state index contributed by atoms with van der Waals surface area (Å²) in [4.78, 5) is 25.2. The number of hydrogen-bond donors (Lipinski definition) is 1. The third-order valence-electron chi connectivity index (χ3n) is 2.90. The molecule has 1 heterocycles. The van der Waals surface area contributed by atoms with E-state index in [1.54, 1.807) is 27.7 Å². The number of hydrogen-bond acceptors (Lipinski definition) is 5. The zero-order valence-electron chi connectivity index (χ0n) is 12.2. The second-order valence-electron chi connectivity index (χ2n) is 5.94. The van der Waals surface area contributed by atoms with Crippen molar-refractivity contribution in [2.45, 2.75) is 58.3 Å². The normalized spacial score (nSPS) is 27.3. The van der Waals surface area contributed by atoms with Crippen LogP contribution in [0.1, 0.15) is 41.0 Å². The van der Waals surface area contributed by atoms with Crippen molar-refractivity contribution in [1.29, 1.82) is 0 Å². The van der Waals surface area contributed by atoms with Crippen molar-refractivity contribution in [3.63, 3.8) is 0 Å². The van der Waals surface area contributed by atoms with Crippen LogP contribution in [0.4, 0.5) is 4.79 Å². The van der Waals surface area contributed by atoms with Crippen LogP contribution < -0.4 is 0 Å². The second kappa shape index (κ2) is 5.36. The van der Waals surface area contributed by atoms with E-state index in [1.165, 1.54) is 11.8 Å². The Bertz CT molecular complexity index is 359. The molecule has 6 heteroatoms. The van der Waals surface area contributed by atoms with Gasteiger partial charge in [0.05, 0.1) is 12.2 Å². The highest BCUT2D eigenvalue weighted by atomic mass is 16.6. The zero-order chi connectivity index (χ0) is 14.8. The SMILES string of the molecule is CCOC(=O)C1N(C(=O)OC(C)(C)C)CCC1(C)O. The van der Waals surface area contributed by atoms with Gasteiger partial charge in [0.25, 0.3) is 0 Å². The lowest BCUT2D eigenvalue weighted by atomic mass is 9.97. The molecule has 1 fully saturated rings. The molecule has 0 bridgehead atoms. The standard InChI is InChI=1S/C13H23NO5/c1-6-18-10(15)9-13(5,17)7-8-14(9)11(16)19-12(2,3)4/h9,17H,6-8H2,1-5H3. The smallest absolute Gasteiger partial charge is 0.411 e. The van der Waals surface area contributed by atoms with Crippen LogP contribution >= 0.6 is 0 Å². The Hall–Kier alpha value is -1.30. The summed E-state index contributed by atoms with van der Waals surface area (Å²) >= 11 is 0. The number of aliphatic hydroxyl groups is 1. The summed E-state index contributed by atoms with van der Waals surface area (Å²) < 4.78 is 10.2. The Kier molecular flexibility index (Phi) is 4.45. The van der Waals surface area contributed by atoms with Crippen LogP contribution in [0.15, 0.2) is 0 Å². The first-order chi connectivity index (χ1) is 8.58. The zero-order valence-corrected chi connectivity index (χ0v) is 12.2. The van der Waals surface area contributed by atoms with E-state index in [-0.39, 0.29) is 13.2 Å². The Morgan fingerprint density at radius 3 is 2.47 bits per heavy atom. The van der Waals surface area contributed by atoms with Gasteiger partial charge in [-0.25, -0.2) is 9.59 Å². The van der Waals surface area contributed by atoms with Gasteiger partial charge in [-0.05, 0) is 41.0 Å². The molecule has 0 aromatic heterocycles. The Balaban J connectivity index is 2.88. The minimum atomic E-state index is -1.29. The van der Waals surface area contributed by atoms with Crippen molar-refractivity contribution < 1.29 is 24.2 Å². The van der Waals surface area contributed by atoms with Crippen LogP contribution in [0.3, 0.4) is 0 Å². The monoisotopic (exact) mass is 273 g/mol. The summed E-state index contributed by atoms with van der Waals surface area (Å²) in [6, 6.07) is -1.01. The fraction of sp³-hybridized carbons (Fsp3) is 0.846. The molecule has 110 valence electrons. The first kappa shape index (κ1) is 15.8. The first-order valence-electron chi connectivity index (χ1n) is 6.47. The maximum Gasteiger partial charge on any atom is 0.411 e. The fourth-order valence-electron chi connectivity index (χ4n) is 2.07. The van der Waals surface area contributed by atoms with Crippen LogP contribution in [0.25, 0.3) is 0 Å². The summed E-state index contributed by atoms with van der Waals surface area (Å²) in [6.45, 7) is 8.92. The lowest BCUT2D eigenvalue weighted by Crippen LogP contribution is -2.52. The highest BCUT2D eigenvalue weighted by Gasteiger charge is 2.51. The van der Waals surface area contributed by atoms with Crippen LogP contribution in [0.5, 0.6) is 0 Å². The van der Waals surface area contributed by atoms with E-state index in [4.69, 9.17) is 9.47 Å². The summed E-state index contributed by atoms with van der Waals surface area (Å²) in [5.74, 6) is -0.601. The summed E-state index contributed by atoms with van der Waals surface area (Å²) in [7, 11) is 0. The topological polar surface area (TPSA) is 76.1 Å². The predicted molar refractivity (Wildman–Crippen MR) is 68.6 cm³/mol. The van der Waals surface area contributed by atoms with E-state index in [9.17, 15) is 14.7 Å². The lowest BCUT2D eigenvalue weighted by Gasteiger charge is -2.31. The number of esters is 1. The van der Waals surface area contributed by atoms with Gasteiger partial charge in [0.1, 0.15) is 5.60 Å². The first-order valence-corrected chi connectivity index (χ1v) is 6.47. The van der Waals surface area contributed by atoms with Crippen molar-refractivity contribution in [3.8, 4) is 0 Å². The lowest BCUT2D eigenvalue weighted by molar-refractivity contribution is -0.154. The van der Waals surface area contributed by atoms with E-state index in [1.807, 2.05) is 0 Å². The van der Waals surface area contributed by atoms with Crippen molar-refractivity contribution in [1.82, 2.24) is 4.90 Å². The maximum absolute atomic E-state index is 12.1. The molecule has 2 unspecified atom stereocenters. The Labute approximate surface area is 113 Å². The maximum atomic E-state index is 12.1. The van der Waals surface area contributed by atoms with Gasteiger partial charge in [0.15, 0.2) is 6.04 Å². The Morgan fingerprint density at radius 1 is 1.42 bits per heavy atom. The average Bonchev–Trinajstić information content (AvgIpc) is 2.51. The molecule has 0 saturated carbocycles. The molecule has 2 atom stereocenters. The molecule has 0 spiro atoms. The molecular weight excluding hydrogens is 250 g/mol. The molecule has 0 aromatic rings. The van der Waals surface area contributed by atoms with E-state index in [0.717, 1.165) is 0 Å². The van der Waals surface area contributed by atoms with Gasteiger partial charge in [-0.1, -0.05) is 0 Å². The number of carbonyl (C=O) groups excluding carboxylic acids is 2. The molecule has 0 aromatic carbocycles. The molecule has 0 aliphatic carbocycles. The van der Waals surface area contributed by atoms with Crippen molar-refractivity contribution in [2.24, 2.45) is 0 Å². The third kappa shape index (κ3) is 3.83. The van der Waals surface area contributed by atoms with E-state index < -0.39 is 29.3 Å². The Morgan fingerprint density at radius 2 is 2.00 bits per heavy atom.